The molecular formula is C50H32N2O. The molecular weight excluding hydrogens is 645 g/mol. The van der Waals surface area contributed by atoms with Crippen molar-refractivity contribution in [3.63, 3.8) is 0 Å². The van der Waals surface area contributed by atoms with Crippen molar-refractivity contribution >= 4 is 82.4 Å². The van der Waals surface area contributed by atoms with Gasteiger partial charge >= 0.3 is 0 Å². The van der Waals surface area contributed by atoms with Crippen molar-refractivity contribution in [1.82, 2.24) is 4.57 Å². The molecule has 53 heavy (non-hydrogen) atoms. The van der Waals surface area contributed by atoms with Gasteiger partial charge in [-0.05, 0) is 82.4 Å². The summed E-state index contributed by atoms with van der Waals surface area (Å²) in [7, 11) is 0. The second kappa shape index (κ2) is 11.7. The van der Waals surface area contributed by atoms with E-state index in [9.17, 15) is 0 Å². The molecule has 2 aromatic heterocycles. The van der Waals surface area contributed by atoms with Gasteiger partial charge in [0.05, 0.1) is 22.4 Å². The maximum atomic E-state index is 6.56. The van der Waals surface area contributed by atoms with Crippen LogP contribution in [0.5, 0.6) is 0 Å². The number of benzene rings is 9. The first-order valence-corrected chi connectivity index (χ1v) is 18.1. The Hall–Kier alpha value is -7.10. The fourth-order valence-corrected chi connectivity index (χ4v) is 8.42. The minimum atomic E-state index is 0.882. The molecule has 0 atom stereocenters. The van der Waals surface area contributed by atoms with Gasteiger partial charge in [-0.1, -0.05) is 133 Å². The van der Waals surface area contributed by atoms with Crippen LogP contribution in [0.15, 0.2) is 199 Å². The molecule has 0 amide bonds. The first-order valence-electron chi connectivity index (χ1n) is 18.1. The van der Waals surface area contributed by atoms with Crippen molar-refractivity contribution in [3.8, 4) is 16.8 Å². The lowest BCUT2D eigenvalue weighted by molar-refractivity contribution is 0.669. The topological polar surface area (TPSA) is 21.3 Å². The molecule has 0 fully saturated rings. The van der Waals surface area contributed by atoms with Gasteiger partial charge < -0.3 is 13.9 Å². The van der Waals surface area contributed by atoms with Gasteiger partial charge in [0.15, 0.2) is 0 Å². The maximum absolute atomic E-state index is 6.56. The lowest BCUT2D eigenvalue weighted by atomic mass is 9.96. The van der Waals surface area contributed by atoms with E-state index < -0.39 is 0 Å². The SMILES string of the molecule is c1cc(N(c2ccccc2-c2cccc3oc4cc5ccccc5cc4c23)c2cccc3ccccc23)cc(-n2c3ccccc3c3ccccc32)c1. The van der Waals surface area contributed by atoms with Crippen molar-refractivity contribution in [2.24, 2.45) is 0 Å². The summed E-state index contributed by atoms with van der Waals surface area (Å²) in [6.07, 6.45) is 0. The number of hydrogen-bond acceptors (Lipinski definition) is 2. The Labute approximate surface area is 306 Å². The van der Waals surface area contributed by atoms with Crippen LogP contribution in [0.4, 0.5) is 17.1 Å². The van der Waals surface area contributed by atoms with E-state index >= 15 is 0 Å². The molecule has 9 aromatic carbocycles. The number of furan rings is 1. The highest BCUT2D eigenvalue weighted by molar-refractivity contribution is 6.17. The second-order valence-corrected chi connectivity index (χ2v) is 13.7. The molecule has 3 nitrogen and oxygen atoms in total. The Morgan fingerprint density at radius 3 is 1.77 bits per heavy atom. The van der Waals surface area contributed by atoms with Crippen LogP contribution >= 0.6 is 0 Å². The third-order valence-electron chi connectivity index (χ3n) is 10.7. The summed E-state index contributed by atoms with van der Waals surface area (Å²) in [5.74, 6) is 0. The Kier molecular flexibility index (Phi) is 6.55. The quantitative estimate of drug-likeness (QED) is 0.181. The smallest absolute Gasteiger partial charge is 0.136 e. The molecule has 11 rings (SSSR count). The van der Waals surface area contributed by atoms with Crippen LogP contribution in [-0.4, -0.2) is 4.57 Å². The first-order chi connectivity index (χ1) is 26.3. The highest BCUT2D eigenvalue weighted by Gasteiger charge is 2.22. The standard InChI is InChI=1S/C50H32N2O/c1-2-16-35-31-49-43(30-34(35)15-1)50-42(24-13-29-48(50)53-49)41-23-7-10-27-47(41)51(44-28-11-17-33-14-3-4-20-38(33)44)36-18-12-19-37(32-36)52-45-25-8-5-21-39(45)40-22-6-9-26-46(40)52/h1-32H. The summed E-state index contributed by atoms with van der Waals surface area (Å²) in [6.45, 7) is 0. The van der Waals surface area contributed by atoms with E-state index in [1.54, 1.807) is 0 Å². The van der Waals surface area contributed by atoms with Gasteiger partial charge in [0.2, 0.25) is 0 Å². The highest BCUT2D eigenvalue weighted by Crippen LogP contribution is 2.47. The molecule has 0 bridgehead atoms. The zero-order chi connectivity index (χ0) is 34.9. The Bertz CT molecular complexity index is 3140. The predicted octanol–water partition coefficient (Wildman–Crippen LogP) is 14.1. The van der Waals surface area contributed by atoms with E-state index in [1.165, 1.54) is 43.4 Å². The molecule has 2 heterocycles. The van der Waals surface area contributed by atoms with Crippen LogP contribution in [-0.2, 0) is 0 Å². The molecule has 11 aromatic rings. The van der Waals surface area contributed by atoms with Crippen molar-refractivity contribution in [2.75, 3.05) is 4.90 Å². The minimum absolute atomic E-state index is 0.882. The molecule has 0 N–H and O–H groups in total. The molecule has 0 aliphatic carbocycles. The lowest BCUT2D eigenvalue weighted by Crippen LogP contribution is -2.12. The summed E-state index contributed by atoms with van der Waals surface area (Å²) in [6, 6.07) is 69.8. The number of rotatable bonds is 5. The highest BCUT2D eigenvalue weighted by atomic mass is 16.3. The van der Waals surface area contributed by atoms with Crippen LogP contribution in [0.3, 0.4) is 0 Å². The molecule has 0 aliphatic rings. The average Bonchev–Trinajstić information content (AvgIpc) is 3.76. The van der Waals surface area contributed by atoms with Gasteiger partial charge in [0.1, 0.15) is 11.2 Å². The minimum Gasteiger partial charge on any atom is -0.456 e. The zero-order valence-electron chi connectivity index (χ0n) is 28.8. The van der Waals surface area contributed by atoms with Gasteiger partial charge in [0.25, 0.3) is 0 Å². The van der Waals surface area contributed by atoms with Gasteiger partial charge in [-0.15, -0.1) is 0 Å². The van der Waals surface area contributed by atoms with Crippen LogP contribution < -0.4 is 4.90 Å². The van der Waals surface area contributed by atoms with E-state index in [1.807, 2.05) is 0 Å². The van der Waals surface area contributed by atoms with Crippen molar-refractivity contribution < 1.29 is 4.42 Å². The lowest BCUT2D eigenvalue weighted by Gasteiger charge is -2.29. The molecule has 0 unspecified atom stereocenters. The van der Waals surface area contributed by atoms with Crippen molar-refractivity contribution in [1.29, 1.82) is 0 Å². The zero-order valence-corrected chi connectivity index (χ0v) is 28.8. The Balaban J connectivity index is 1.19. The van der Waals surface area contributed by atoms with Crippen LogP contribution in [0, 0.1) is 0 Å². The second-order valence-electron chi connectivity index (χ2n) is 13.7. The van der Waals surface area contributed by atoms with Crippen molar-refractivity contribution in [2.45, 2.75) is 0 Å². The predicted molar refractivity (Wildman–Crippen MR) is 223 cm³/mol. The van der Waals surface area contributed by atoms with E-state index in [0.29, 0.717) is 0 Å². The first kappa shape index (κ1) is 29.6. The third-order valence-corrected chi connectivity index (χ3v) is 10.7. The summed E-state index contributed by atoms with van der Waals surface area (Å²) in [4.78, 5) is 2.44. The number of fused-ring (bicyclic) bond motifs is 8. The molecule has 0 aliphatic heterocycles. The van der Waals surface area contributed by atoms with E-state index in [0.717, 1.165) is 55.8 Å². The number of aromatic nitrogens is 1. The maximum Gasteiger partial charge on any atom is 0.136 e. The molecule has 0 spiro atoms. The van der Waals surface area contributed by atoms with Crippen molar-refractivity contribution in [3.05, 3.63) is 194 Å². The number of para-hydroxylation sites is 3. The fourth-order valence-electron chi connectivity index (χ4n) is 8.42. The van der Waals surface area contributed by atoms with E-state index in [2.05, 4.69) is 204 Å². The summed E-state index contributed by atoms with van der Waals surface area (Å²) >= 11 is 0. The van der Waals surface area contributed by atoms with Gasteiger partial charge in [-0.25, -0.2) is 0 Å². The van der Waals surface area contributed by atoms with Gasteiger partial charge in [-0.3, -0.25) is 0 Å². The molecule has 0 radical (unpaired) electrons. The van der Waals surface area contributed by atoms with Gasteiger partial charge in [0, 0.05) is 43.9 Å². The number of nitrogens with zero attached hydrogens (tertiary/aromatic N) is 2. The average molecular weight is 677 g/mol. The Morgan fingerprint density at radius 1 is 0.377 bits per heavy atom. The van der Waals surface area contributed by atoms with E-state index in [4.69, 9.17) is 4.42 Å². The third kappa shape index (κ3) is 4.61. The molecule has 3 heteroatoms. The summed E-state index contributed by atoms with van der Waals surface area (Å²) < 4.78 is 8.95. The number of hydrogen-bond donors (Lipinski definition) is 0. The fraction of sp³-hybridized carbons (Fsp3) is 0. The molecule has 248 valence electrons. The van der Waals surface area contributed by atoms with E-state index in [-0.39, 0.29) is 0 Å². The molecule has 0 saturated heterocycles. The summed E-state index contributed by atoms with van der Waals surface area (Å²) in [5, 5.41) is 9.49. The Morgan fingerprint density at radius 2 is 0.962 bits per heavy atom. The van der Waals surface area contributed by atoms with Crippen LogP contribution in [0.25, 0.3) is 82.1 Å². The van der Waals surface area contributed by atoms with Crippen LogP contribution in [0.2, 0.25) is 0 Å². The van der Waals surface area contributed by atoms with Gasteiger partial charge in [-0.2, -0.15) is 0 Å². The number of anilines is 3. The normalized spacial score (nSPS) is 11.8. The molecule has 0 saturated carbocycles. The van der Waals surface area contributed by atoms with Crippen LogP contribution in [0.1, 0.15) is 0 Å². The monoisotopic (exact) mass is 676 g/mol. The largest absolute Gasteiger partial charge is 0.456 e. The summed E-state index contributed by atoms with van der Waals surface area (Å²) in [5.41, 5.74) is 10.8.